The Morgan fingerprint density at radius 3 is 2.05 bits per heavy atom. The monoisotopic (exact) mass is 599 g/mol. The quantitative estimate of drug-likeness (QED) is 0.342. The second-order valence-corrected chi connectivity index (χ2v) is 13.2. The molecule has 1 aliphatic rings. The first-order chi connectivity index (χ1) is 17.7. The van der Waals surface area contributed by atoms with Gasteiger partial charge in [-0.15, -0.1) is 0 Å². The molecule has 0 bridgehead atoms. The van der Waals surface area contributed by atoms with E-state index in [1.165, 1.54) is 30.7 Å². The molecule has 4 rings (SSSR count). The molecule has 0 radical (unpaired) electrons. The van der Waals surface area contributed by atoms with Crippen LogP contribution in [0.15, 0.2) is 58.3 Å². The predicted octanol–water partition coefficient (Wildman–Crippen LogP) is 5.75. The zero-order valence-corrected chi connectivity index (χ0v) is 24.5. The van der Waals surface area contributed by atoms with Crippen LogP contribution < -0.4 is 14.8 Å². The maximum absolute atomic E-state index is 13.0. The van der Waals surface area contributed by atoms with Crippen LogP contribution in [-0.2, 0) is 20.0 Å². The predicted molar refractivity (Wildman–Crippen MR) is 153 cm³/mol. The van der Waals surface area contributed by atoms with Crippen molar-refractivity contribution in [3.8, 4) is 5.75 Å². The average molecular weight is 601 g/mol. The molecule has 4 N–H and O–H groups in total. The topological polar surface area (TPSA) is 130 Å². The number of phenols is 1. The molecular formula is C26H31Cl2N3O5S2. The summed E-state index contributed by atoms with van der Waals surface area (Å²) in [5.74, 6) is -0.516. The molecule has 1 aliphatic heterocycles. The van der Waals surface area contributed by atoms with Crippen LogP contribution in [0.1, 0.15) is 36.0 Å². The van der Waals surface area contributed by atoms with Gasteiger partial charge < -0.3 is 10.0 Å². The highest BCUT2D eigenvalue weighted by molar-refractivity contribution is 7.92. The Morgan fingerprint density at radius 2 is 1.50 bits per heavy atom. The molecule has 0 atom stereocenters. The third-order valence-electron chi connectivity index (χ3n) is 6.19. The van der Waals surface area contributed by atoms with Crippen molar-refractivity contribution in [3.05, 3.63) is 75.3 Å². The zero-order chi connectivity index (χ0) is 28.3. The number of benzene rings is 3. The zero-order valence-electron chi connectivity index (χ0n) is 21.3. The number of hydrogen-bond donors (Lipinski definition) is 3. The highest BCUT2D eigenvalue weighted by Gasteiger charge is 2.25. The number of piperidine rings is 1. The number of nitrogens with zero attached hydrogens (tertiary/aromatic N) is 1. The highest BCUT2D eigenvalue weighted by Crippen LogP contribution is 2.39. The molecule has 1 saturated heterocycles. The fourth-order valence-corrected chi connectivity index (χ4v) is 6.97. The Kier molecular flexibility index (Phi) is 9.59. The average Bonchev–Trinajstić information content (AvgIpc) is 2.85. The fraction of sp³-hybridized carbons (Fsp3) is 0.308. The van der Waals surface area contributed by atoms with Gasteiger partial charge >= 0.3 is 0 Å². The van der Waals surface area contributed by atoms with Crippen molar-refractivity contribution >= 4 is 54.6 Å². The van der Waals surface area contributed by atoms with Gasteiger partial charge in [-0.05, 0) is 81.0 Å². The lowest BCUT2D eigenvalue weighted by molar-refractivity contribution is 0.459. The van der Waals surface area contributed by atoms with Gasteiger partial charge in [0.1, 0.15) is 4.90 Å². The van der Waals surface area contributed by atoms with Crippen molar-refractivity contribution in [2.24, 2.45) is 5.14 Å². The molecule has 206 valence electrons. The first kappa shape index (κ1) is 30.0. The van der Waals surface area contributed by atoms with E-state index in [1.54, 1.807) is 18.2 Å². The standard InChI is InChI=1S/C20H24Cl2N2O3S.C6H7NO2S/c1-12-9-13(2)19(24-7-5-4-6-8-24)14(3)18(12)23-28(26,27)17-11-15(21)10-16(22)20(17)25;7-10(8,9)6-4-2-1-3-5-6/h9-11,23,25H,4-8H2,1-3H3;1-5H,(H2,7,8,9). The molecule has 38 heavy (non-hydrogen) atoms. The first-order valence-electron chi connectivity index (χ1n) is 11.9. The minimum atomic E-state index is -4.08. The Balaban J connectivity index is 0.000000336. The molecule has 0 spiro atoms. The van der Waals surface area contributed by atoms with Crippen LogP contribution in [0.25, 0.3) is 0 Å². The molecule has 0 saturated carbocycles. The van der Waals surface area contributed by atoms with Crippen molar-refractivity contribution in [1.82, 2.24) is 0 Å². The lowest BCUT2D eigenvalue weighted by Gasteiger charge is -2.33. The summed E-state index contributed by atoms with van der Waals surface area (Å²) in [4.78, 5) is 2.12. The van der Waals surface area contributed by atoms with E-state index in [1.807, 2.05) is 26.8 Å². The largest absolute Gasteiger partial charge is 0.505 e. The summed E-state index contributed by atoms with van der Waals surface area (Å²) in [6, 6.07) is 12.4. The van der Waals surface area contributed by atoms with E-state index >= 15 is 0 Å². The van der Waals surface area contributed by atoms with Crippen molar-refractivity contribution in [3.63, 3.8) is 0 Å². The number of primary sulfonamides is 1. The Bertz CT molecular complexity index is 1520. The van der Waals surface area contributed by atoms with Crippen LogP contribution in [0.5, 0.6) is 5.75 Å². The smallest absolute Gasteiger partial charge is 0.265 e. The van der Waals surface area contributed by atoms with Crippen LogP contribution in [0.3, 0.4) is 0 Å². The number of anilines is 2. The van der Waals surface area contributed by atoms with Gasteiger partial charge in [-0.2, -0.15) is 0 Å². The number of sulfonamides is 2. The normalized spacial score (nSPS) is 14.0. The van der Waals surface area contributed by atoms with E-state index in [0.717, 1.165) is 48.3 Å². The summed E-state index contributed by atoms with van der Waals surface area (Å²) in [7, 11) is -7.58. The number of hydrogen-bond acceptors (Lipinski definition) is 6. The van der Waals surface area contributed by atoms with Gasteiger partial charge in [-0.25, -0.2) is 22.0 Å². The van der Waals surface area contributed by atoms with Crippen molar-refractivity contribution < 1.29 is 21.9 Å². The second-order valence-electron chi connectivity index (χ2n) is 9.10. The molecule has 0 amide bonds. The Morgan fingerprint density at radius 1 is 0.895 bits per heavy atom. The number of aromatic hydroxyl groups is 1. The third-order valence-corrected chi connectivity index (χ3v) is 8.99. The lowest BCUT2D eigenvalue weighted by Crippen LogP contribution is -2.31. The van der Waals surface area contributed by atoms with Gasteiger partial charge in [0.15, 0.2) is 5.75 Å². The maximum Gasteiger partial charge on any atom is 0.265 e. The summed E-state index contributed by atoms with van der Waals surface area (Å²) in [5.41, 5.74) is 4.38. The van der Waals surface area contributed by atoms with E-state index < -0.39 is 25.8 Å². The van der Waals surface area contributed by atoms with Crippen molar-refractivity contribution in [2.75, 3.05) is 22.7 Å². The van der Waals surface area contributed by atoms with Gasteiger partial charge in [0.25, 0.3) is 10.0 Å². The van der Waals surface area contributed by atoms with Crippen LogP contribution in [-0.4, -0.2) is 35.0 Å². The number of rotatable bonds is 5. The number of aryl methyl sites for hydroxylation is 2. The number of nitrogens with two attached hydrogens (primary N) is 1. The van der Waals surface area contributed by atoms with Crippen LogP contribution in [0.2, 0.25) is 10.0 Å². The molecule has 0 aromatic heterocycles. The van der Waals surface area contributed by atoms with E-state index in [4.69, 9.17) is 28.3 Å². The molecule has 12 heteroatoms. The summed E-state index contributed by atoms with van der Waals surface area (Å²) in [6.45, 7) is 7.75. The molecule has 1 heterocycles. The fourth-order valence-electron chi connectivity index (χ4n) is 4.48. The Hall–Kier alpha value is -2.50. The number of nitrogens with one attached hydrogen (secondary N) is 1. The maximum atomic E-state index is 13.0. The third kappa shape index (κ3) is 7.12. The van der Waals surface area contributed by atoms with Gasteiger partial charge in [0.2, 0.25) is 10.0 Å². The van der Waals surface area contributed by atoms with Crippen molar-refractivity contribution in [1.29, 1.82) is 0 Å². The Labute approximate surface area is 234 Å². The second kappa shape index (κ2) is 12.1. The molecule has 8 nitrogen and oxygen atoms in total. The van der Waals surface area contributed by atoms with Gasteiger partial charge in [0, 0.05) is 23.8 Å². The SMILES string of the molecule is Cc1cc(C)c(N2CCCCC2)c(C)c1NS(=O)(=O)c1cc(Cl)cc(Cl)c1O.NS(=O)(=O)c1ccccc1. The van der Waals surface area contributed by atoms with Gasteiger partial charge in [0.05, 0.1) is 15.6 Å². The highest BCUT2D eigenvalue weighted by atomic mass is 35.5. The minimum absolute atomic E-state index is 0.112. The number of phenolic OH excluding ortho intramolecular Hbond substituents is 1. The van der Waals surface area contributed by atoms with Crippen LogP contribution in [0, 0.1) is 20.8 Å². The van der Waals surface area contributed by atoms with E-state index in [0.29, 0.717) is 5.69 Å². The number of halogens is 2. The molecular weight excluding hydrogens is 569 g/mol. The lowest BCUT2D eigenvalue weighted by atomic mass is 9.99. The molecule has 0 unspecified atom stereocenters. The summed E-state index contributed by atoms with van der Waals surface area (Å²) in [5, 5.41) is 15.0. The van der Waals surface area contributed by atoms with Gasteiger partial charge in [-0.3, -0.25) is 4.72 Å². The summed E-state index contributed by atoms with van der Waals surface area (Å²) < 4.78 is 49.9. The molecule has 0 aliphatic carbocycles. The van der Waals surface area contributed by atoms with Crippen molar-refractivity contribution in [2.45, 2.75) is 49.8 Å². The van der Waals surface area contributed by atoms with E-state index in [-0.39, 0.29) is 19.8 Å². The first-order valence-corrected chi connectivity index (χ1v) is 15.7. The van der Waals surface area contributed by atoms with E-state index in [9.17, 15) is 21.9 Å². The molecule has 1 fully saturated rings. The minimum Gasteiger partial charge on any atom is -0.505 e. The summed E-state index contributed by atoms with van der Waals surface area (Å²) >= 11 is 11.9. The summed E-state index contributed by atoms with van der Waals surface area (Å²) in [6.07, 6.45) is 3.47. The van der Waals surface area contributed by atoms with Crippen LogP contribution in [0.4, 0.5) is 11.4 Å². The molecule has 3 aromatic rings. The van der Waals surface area contributed by atoms with E-state index in [2.05, 4.69) is 9.62 Å². The van der Waals surface area contributed by atoms with Crippen LogP contribution >= 0.6 is 23.2 Å². The van der Waals surface area contributed by atoms with Gasteiger partial charge in [-0.1, -0.05) is 47.5 Å². The molecule has 3 aromatic carbocycles.